The fourth-order valence-electron chi connectivity index (χ4n) is 4.03. The second-order valence-electron chi connectivity index (χ2n) is 7.35. The average Bonchev–Trinajstić information content (AvgIpc) is 3.31. The lowest BCUT2D eigenvalue weighted by molar-refractivity contribution is -0.139. The van der Waals surface area contributed by atoms with Crippen molar-refractivity contribution in [3.05, 3.63) is 46.8 Å². The first-order valence-corrected chi connectivity index (χ1v) is 9.12. The molecule has 27 heavy (non-hydrogen) atoms. The molecule has 0 bridgehead atoms. The molecule has 0 spiro atoms. The Balaban J connectivity index is 1.36. The minimum atomic E-state index is -0.737. The van der Waals surface area contributed by atoms with Crippen LogP contribution in [0.5, 0.6) is 5.75 Å². The lowest BCUT2D eigenvalue weighted by Gasteiger charge is -2.26. The summed E-state index contributed by atoms with van der Waals surface area (Å²) in [6.07, 6.45) is 0.770. The number of piperidine rings is 1. The van der Waals surface area contributed by atoms with Crippen molar-refractivity contribution in [2.45, 2.75) is 26.9 Å². The van der Waals surface area contributed by atoms with Crippen molar-refractivity contribution < 1.29 is 24.0 Å². The molecule has 0 radical (unpaired) electrons. The Morgan fingerprint density at radius 3 is 2.63 bits per heavy atom. The number of benzene rings is 1. The predicted octanol–water partition coefficient (Wildman–Crippen LogP) is 2.66. The number of amides is 1. The van der Waals surface area contributed by atoms with Gasteiger partial charge in [0.15, 0.2) is 0 Å². The van der Waals surface area contributed by atoms with E-state index >= 15 is 0 Å². The summed E-state index contributed by atoms with van der Waals surface area (Å²) in [5.41, 5.74) is 2.32. The van der Waals surface area contributed by atoms with Gasteiger partial charge >= 0.3 is 5.97 Å². The average molecular weight is 370 g/mol. The molecule has 1 amide bonds. The van der Waals surface area contributed by atoms with Crippen LogP contribution in [0.3, 0.4) is 0 Å². The van der Waals surface area contributed by atoms with Crippen LogP contribution in [0.2, 0.25) is 0 Å². The van der Waals surface area contributed by atoms with Gasteiger partial charge in [-0.2, -0.15) is 0 Å². The maximum absolute atomic E-state index is 12.7. The van der Waals surface area contributed by atoms with Crippen molar-refractivity contribution in [1.82, 2.24) is 10.1 Å². The third-order valence-corrected chi connectivity index (χ3v) is 5.73. The van der Waals surface area contributed by atoms with E-state index in [4.69, 9.17) is 9.26 Å². The second-order valence-corrected chi connectivity index (χ2v) is 7.35. The Morgan fingerprint density at radius 2 is 2.00 bits per heavy atom. The van der Waals surface area contributed by atoms with Crippen LogP contribution in [0.15, 0.2) is 28.8 Å². The molecule has 4 rings (SSSR count). The predicted molar refractivity (Wildman–Crippen MR) is 95.4 cm³/mol. The lowest BCUT2D eigenvalue weighted by atomic mass is 10.1. The molecule has 2 aromatic rings. The third kappa shape index (κ3) is 3.29. The Kier molecular flexibility index (Phi) is 4.37. The Hall–Kier alpha value is -2.83. The Bertz CT molecular complexity index is 853. The van der Waals surface area contributed by atoms with Crippen molar-refractivity contribution in [1.29, 1.82) is 0 Å². The van der Waals surface area contributed by atoms with Crippen molar-refractivity contribution in [2.75, 3.05) is 13.1 Å². The van der Waals surface area contributed by atoms with Crippen molar-refractivity contribution in [3.8, 4) is 5.75 Å². The van der Waals surface area contributed by atoms with Crippen LogP contribution < -0.4 is 4.74 Å². The molecule has 142 valence electrons. The number of likely N-dealkylation sites (tertiary alicyclic amines) is 1. The molecule has 0 unspecified atom stereocenters. The summed E-state index contributed by atoms with van der Waals surface area (Å²) < 4.78 is 10.9. The summed E-state index contributed by atoms with van der Waals surface area (Å²) in [5.74, 6) is 0.689. The molecule has 2 fully saturated rings. The standard InChI is InChI=1S/C20H22N2O5/c1-11-17(12(2)27-21-11)10-26-14-5-3-13(4-6-14)19(23)22-8-7-15-16(9-22)18(15)20(24)25/h3-6,15-16,18H,7-10H2,1-2H3,(H,24,25)/t15-,16+,18-/m0/s1. The minimum Gasteiger partial charge on any atom is -0.489 e. The molecule has 2 aliphatic rings. The molecular weight excluding hydrogens is 348 g/mol. The summed E-state index contributed by atoms with van der Waals surface area (Å²) in [6, 6.07) is 7.04. The highest BCUT2D eigenvalue weighted by molar-refractivity contribution is 5.94. The number of carbonyl (C=O) groups is 2. The summed E-state index contributed by atoms with van der Waals surface area (Å²) in [5, 5.41) is 13.1. The molecule has 3 atom stereocenters. The van der Waals surface area contributed by atoms with E-state index in [1.807, 2.05) is 13.8 Å². The van der Waals surface area contributed by atoms with E-state index in [0.29, 0.717) is 31.0 Å². The molecule has 2 heterocycles. The van der Waals surface area contributed by atoms with Gasteiger partial charge < -0.3 is 19.3 Å². The first-order chi connectivity index (χ1) is 13.0. The van der Waals surface area contributed by atoms with Gasteiger partial charge in [-0.05, 0) is 56.4 Å². The van der Waals surface area contributed by atoms with Crippen molar-refractivity contribution >= 4 is 11.9 Å². The first kappa shape index (κ1) is 17.6. The molecule has 1 aliphatic heterocycles. The zero-order valence-corrected chi connectivity index (χ0v) is 15.3. The van der Waals surface area contributed by atoms with Gasteiger partial charge in [-0.1, -0.05) is 5.16 Å². The van der Waals surface area contributed by atoms with E-state index in [9.17, 15) is 14.7 Å². The van der Waals surface area contributed by atoms with Crippen molar-refractivity contribution in [3.63, 3.8) is 0 Å². The summed E-state index contributed by atoms with van der Waals surface area (Å²) in [6.45, 7) is 5.23. The highest BCUT2D eigenvalue weighted by Gasteiger charge is 2.57. The normalized spacial score (nSPS) is 23.6. The second kappa shape index (κ2) is 6.72. The maximum atomic E-state index is 12.7. The molecule has 1 saturated heterocycles. The van der Waals surface area contributed by atoms with Gasteiger partial charge in [-0.3, -0.25) is 9.59 Å². The third-order valence-electron chi connectivity index (χ3n) is 5.73. The van der Waals surface area contributed by atoms with E-state index in [-0.39, 0.29) is 23.7 Å². The number of carboxylic acids is 1. The van der Waals surface area contributed by atoms with E-state index in [2.05, 4.69) is 5.16 Å². The van der Waals surface area contributed by atoms with Crippen LogP contribution in [0.1, 0.15) is 33.8 Å². The molecule has 1 aliphatic carbocycles. The number of hydrogen-bond acceptors (Lipinski definition) is 5. The number of hydrogen-bond donors (Lipinski definition) is 1. The van der Waals surface area contributed by atoms with Crippen molar-refractivity contribution in [2.24, 2.45) is 17.8 Å². The first-order valence-electron chi connectivity index (χ1n) is 9.12. The number of aryl methyl sites for hydroxylation is 2. The molecule has 1 N–H and O–H groups in total. The van der Waals surface area contributed by atoms with Crippen LogP contribution in [0, 0.1) is 31.6 Å². The van der Waals surface area contributed by atoms with Gasteiger partial charge in [0.05, 0.1) is 17.2 Å². The van der Waals surface area contributed by atoms with Gasteiger partial charge in [0, 0.05) is 18.7 Å². The monoisotopic (exact) mass is 370 g/mol. The number of rotatable bonds is 5. The molecule has 1 aromatic heterocycles. The van der Waals surface area contributed by atoms with E-state index in [0.717, 1.165) is 23.4 Å². The fraction of sp³-hybridized carbons (Fsp3) is 0.450. The van der Waals surface area contributed by atoms with Gasteiger partial charge in [-0.15, -0.1) is 0 Å². The molecule has 7 heteroatoms. The number of carboxylic acid groups (broad SMARTS) is 1. The number of ether oxygens (including phenoxy) is 1. The number of aliphatic carboxylic acids is 1. The van der Waals surface area contributed by atoms with E-state index < -0.39 is 5.97 Å². The SMILES string of the molecule is Cc1noc(C)c1COc1ccc(C(=O)N2CC[C@H]3[C@@H](C2)[C@H]3C(=O)O)cc1. The van der Waals surface area contributed by atoms with Crippen LogP contribution >= 0.6 is 0 Å². The number of nitrogens with zero attached hydrogens (tertiary/aromatic N) is 2. The van der Waals surface area contributed by atoms with Crippen LogP contribution in [0.25, 0.3) is 0 Å². The summed E-state index contributed by atoms with van der Waals surface area (Å²) in [4.78, 5) is 25.6. The highest BCUT2D eigenvalue weighted by atomic mass is 16.5. The van der Waals surface area contributed by atoms with Crippen LogP contribution in [0.4, 0.5) is 0 Å². The molecule has 7 nitrogen and oxygen atoms in total. The zero-order chi connectivity index (χ0) is 19.1. The lowest BCUT2D eigenvalue weighted by Crippen LogP contribution is -2.36. The van der Waals surface area contributed by atoms with E-state index in [1.165, 1.54) is 0 Å². The smallest absolute Gasteiger partial charge is 0.307 e. The number of fused-ring (bicyclic) bond motifs is 1. The highest BCUT2D eigenvalue weighted by Crippen LogP contribution is 2.51. The quantitative estimate of drug-likeness (QED) is 0.870. The van der Waals surface area contributed by atoms with Crippen LogP contribution in [-0.4, -0.2) is 40.1 Å². The van der Waals surface area contributed by atoms with Gasteiger partial charge in [0.2, 0.25) is 0 Å². The number of aromatic nitrogens is 1. The Labute approximate surface area is 156 Å². The fourth-order valence-corrected chi connectivity index (χ4v) is 4.03. The van der Waals surface area contributed by atoms with Crippen LogP contribution in [-0.2, 0) is 11.4 Å². The maximum Gasteiger partial charge on any atom is 0.307 e. The van der Waals surface area contributed by atoms with Gasteiger partial charge in [0.1, 0.15) is 18.1 Å². The summed E-state index contributed by atoms with van der Waals surface area (Å²) in [7, 11) is 0. The Morgan fingerprint density at radius 1 is 1.26 bits per heavy atom. The van der Waals surface area contributed by atoms with Gasteiger partial charge in [0.25, 0.3) is 5.91 Å². The summed E-state index contributed by atoms with van der Waals surface area (Å²) >= 11 is 0. The molecule has 1 saturated carbocycles. The number of carbonyl (C=O) groups excluding carboxylic acids is 1. The topological polar surface area (TPSA) is 92.9 Å². The largest absolute Gasteiger partial charge is 0.489 e. The molecular formula is C20H22N2O5. The van der Waals surface area contributed by atoms with E-state index in [1.54, 1.807) is 29.2 Å². The molecule has 1 aromatic carbocycles. The minimum absolute atomic E-state index is 0.0539. The zero-order valence-electron chi connectivity index (χ0n) is 15.3. The van der Waals surface area contributed by atoms with Gasteiger partial charge in [-0.25, -0.2) is 0 Å².